The van der Waals surface area contributed by atoms with Crippen LogP contribution < -0.4 is 19.6 Å². The molecular formula is C21H20BrN3O4. The van der Waals surface area contributed by atoms with Crippen molar-refractivity contribution in [2.45, 2.75) is 6.92 Å². The van der Waals surface area contributed by atoms with Crippen LogP contribution in [0, 0.1) is 0 Å². The van der Waals surface area contributed by atoms with Crippen molar-refractivity contribution in [3.63, 3.8) is 0 Å². The van der Waals surface area contributed by atoms with Gasteiger partial charge in [0, 0.05) is 21.6 Å². The van der Waals surface area contributed by atoms with Gasteiger partial charge < -0.3 is 14.2 Å². The van der Waals surface area contributed by atoms with Crippen LogP contribution in [-0.4, -0.2) is 37.4 Å². The monoisotopic (exact) mass is 457 g/mol. The van der Waals surface area contributed by atoms with Crippen LogP contribution in [0.2, 0.25) is 0 Å². The predicted octanol–water partition coefficient (Wildman–Crippen LogP) is 3.93. The molecule has 0 bridgehead atoms. The summed E-state index contributed by atoms with van der Waals surface area (Å²) >= 11 is 3.45. The Labute approximate surface area is 176 Å². The highest BCUT2D eigenvalue weighted by Crippen LogP contribution is 2.32. The molecule has 150 valence electrons. The van der Waals surface area contributed by atoms with Gasteiger partial charge in [-0.3, -0.25) is 9.78 Å². The largest absolute Gasteiger partial charge is 0.493 e. The molecule has 7 nitrogen and oxygen atoms in total. The molecule has 29 heavy (non-hydrogen) atoms. The van der Waals surface area contributed by atoms with Gasteiger partial charge in [0.1, 0.15) is 11.3 Å². The minimum atomic E-state index is -0.385. The molecule has 1 amide bonds. The lowest BCUT2D eigenvalue weighted by Gasteiger charge is -2.11. The average Bonchev–Trinajstić information content (AvgIpc) is 2.74. The Hall–Kier alpha value is -3.13. The first-order chi connectivity index (χ1) is 14.1. The molecule has 0 aliphatic carbocycles. The number of nitrogens with zero attached hydrogens (tertiary/aromatic N) is 2. The van der Waals surface area contributed by atoms with Crippen molar-refractivity contribution in [3.8, 4) is 17.2 Å². The Bertz CT molecular complexity index is 1030. The zero-order valence-electron chi connectivity index (χ0n) is 16.0. The number of carbonyl (C=O) groups excluding carboxylic acids is 1. The number of hydrogen-bond donors (Lipinski definition) is 1. The van der Waals surface area contributed by atoms with E-state index in [9.17, 15) is 4.79 Å². The Morgan fingerprint density at radius 2 is 2.00 bits per heavy atom. The summed E-state index contributed by atoms with van der Waals surface area (Å²) in [7, 11) is 1.57. The molecule has 0 unspecified atom stereocenters. The van der Waals surface area contributed by atoms with Gasteiger partial charge in [0.15, 0.2) is 18.1 Å². The number of hydrogen-bond acceptors (Lipinski definition) is 6. The number of benzene rings is 2. The third-order valence-electron chi connectivity index (χ3n) is 3.93. The fourth-order valence-corrected chi connectivity index (χ4v) is 3.04. The Balaban J connectivity index is 1.62. The van der Waals surface area contributed by atoms with Crippen molar-refractivity contribution >= 4 is 39.0 Å². The molecule has 8 heteroatoms. The van der Waals surface area contributed by atoms with E-state index in [4.69, 9.17) is 14.2 Å². The average molecular weight is 458 g/mol. The molecule has 0 aliphatic heterocycles. The van der Waals surface area contributed by atoms with Crippen LogP contribution in [0.1, 0.15) is 12.5 Å². The van der Waals surface area contributed by atoms with Crippen LogP contribution in [0.4, 0.5) is 0 Å². The fraction of sp³-hybridized carbons (Fsp3) is 0.190. The highest BCUT2D eigenvalue weighted by molar-refractivity contribution is 9.10. The van der Waals surface area contributed by atoms with E-state index in [-0.39, 0.29) is 12.5 Å². The number of nitrogens with one attached hydrogen (secondary N) is 1. The lowest BCUT2D eigenvalue weighted by Crippen LogP contribution is -2.24. The number of carbonyl (C=O) groups is 1. The second-order valence-corrected chi connectivity index (χ2v) is 6.73. The smallest absolute Gasteiger partial charge is 0.277 e. The molecule has 1 aromatic heterocycles. The van der Waals surface area contributed by atoms with Gasteiger partial charge in [-0.1, -0.05) is 18.2 Å². The van der Waals surface area contributed by atoms with Gasteiger partial charge in [-0.2, -0.15) is 5.10 Å². The molecule has 0 radical (unpaired) electrons. The van der Waals surface area contributed by atoms with E-state index < -0.39 is 0 Å². The molecule has 3 aromatic rings. The molecule has 0 spiro atoms. The van der Waals surface area contributed by atoms with E-state index in [1.54, 1.807) is 31.5 Å². The topological polar surface area (TPSA) is 82.0 Å². The van der Waals surface area contributed by atoms with Crippen molar-refractivity contribution in [2.75, 3.05) is 20.3 Å². The third-order valence-corrected chi connectivity index (χ3v) is 4.62. The maximum Gasteiger partial charge on any atom is 0.277 e. The summed E-state index contributed by atoms with van der Waals surface area (Å²) in [5, 5.41) is 4.93. The minimum Gasteiger partial charge on any atom is -0.493 e. The summed E-state index contributed by atoms with van der Waals surface area (Å²) in [6.45, 7) is 2.22. The molecule has 1 heterocycles. The van der Waals surface area contributed by atoms with Gasteiger partial charge in [-0.25, -0.2) is 5.43 Å². The maximum absolute atomic E-state index is 12.1. The predicted molar refractivity (Wildman–Crippen MR) is 115 cm³/mol. The third kappa shape index (κ3) is 5.23. The first-order valence-electron chi connectivity index (χ1n) is 8.91. The van der Waals surface area contributed by atoms with Gasteiger partial charge >= 0.3 is 0 Å². The van der Waals surface area contributed by atoms with Crippen molar-refractivity contribution in [3.05, 3.63) is 58.7 Å². The Kier molecular flexibility index (Phi) is 7.02. The molecule has 2 aromatic carbocycles. The number of pyridine rings is 1. The quantitative estimate of drug-likeness (QED) is 0.409. The SMILES string of the molecule is CCOc1cc(/C=N/NC(=O)COc2cccc3cccnc23)c(Br)cc1OC. The van der Waals surface area contributed by atoms with Crippen LogP contribution in [0.15, 0.2) is 58.2 Å². The zero-order chi connectivity index (χ0) is 20.6. The van der Waals surface area contributed by atoms with Crippen LogP contribution in [0.3, 0.4) is 0 Å². The van der Waals surface area contributed by atoms with Gasteiger partial charge in [0.25, 0.3) is 5.91 Å². The number of aromatic nitrogens is 1. The van der Waals surface area contributed by atoms with Gasteiger partial charge in [0.2, 0.25) is 0 Å². The Morgan fingerprint density at radius 3 is 2.79 bits per heavy atom. The van der Waals surface area contributed by atoms with E-state index in [0.29, 0.717) is 29.4 Å². The maximum atomic E-state index is 12.1. The van der Waals surface area contributed by atoms with Crippen molar-refractivity contribution < 1.29 is 19.0 Å². The van der Waals surface area contributed by atoms with E-state index in [1.165, 1.54) is 6.21 Å². The van der Waals surface area contributed by atoms with Gasteiger partial charge in [0.05, 0.1) is 19.9 Å². The summed E-state index contributed by atoms with van der Waals surface area (Å²) in [6, 6.07) is 12.9. The minimum absolute atomic E-state index is 0.180. The summed E-state index contributed by atoms with van der Waals surface area (Å²) in [4.78, 5) is 16.4. The number of halogens is 1. The second-order valence-electron chi connectivity index (χ2n) is 5.87. The fourth-order valence-electron chi connectivity index (χ4n) is 2.62. The molecule has 0 atom stereocenters. The van der Waals surface area contributed by atoms with E-state index >= 15 is 0 Å². The van der Waals surface area contributed by atoms with E-state index in [1.807, 2.05) is 31.2 Å². The number of hydrazone groups is 1. The van der Waals surface area contributed by atoms with Crippen molar-refractivity contribution in [2.24, 2.45) is 5.10 Å². The highest BCUT2D eigenvalue weighted by atomic mass is 79.9. The first kappa shape index (κ1) is 20.6. The van der Waals surface area contributed by atoms with Crippen molar-refractivity contribution in [1.82, 2.24) is 10.4 Å². The first-order valence-corrected chi connectivity index (χ1v) is 9.70. The number of methoxy groups -OCH3 is 1. The highest BCUT2D eigenvalue weighted by Gasteiger charge is 2.09. The second kappa shape index (κ2) is 9.88. The number of para-hydroxylation sites is 1. The summed E-state index contributed by atoms with van der Waals surface area (Å²) in [5.74, 6) is 1.36. The summed E-state index contributed by atoms with van der Waals surface area (Å²) in [5.41, 5.74) is 3.88. The molecule has 1 N–H and O–H groups in total. The van der Waals surface area contributed by atoms with Crippen molar-refractivity contribution in [1.29, 1.82) is 0 Å². The lowest BCUT2D eigenvalue weighted by atomic mass is 10.2. The normalized spacial score (nSPS) is 10.9. The van der Waals surface area contributed by atoms with E-state index in [2.05, 4.69) is 31.4 Å². The van der Waals surface area contributed by atoms with Crippen LogP contribution in [-0.2, 0) is 4.79 Å². The lowest BCUT2D eigenvalue weighted by molar-refractivity contribution is -0.123. The summed E-state index contributed by atoms with van der Waals surface area (Å²) < 4.78 is 17.2. The molecular weight excluding hydrogens is 438 g/mol. The number of ether oxygens (including phenoxy) is 3. The molecule has 0 fully saturated rings. The van der Waals surface area contributed by atoms with Gasteiger partial charge in [-0.15, -0.1) is 0 Å². The zero-order valence-corrected chi connectivity index (χ0v) is 17.6. The standard InChI is InChI=1S/C21H20BrN3O4/c1-3-28-19-10-15(16(22)11-18(19)27-2)12-24-25-20(26)13-29-17-8-4-6-14-7-5-9-23-21(14)17/h4-12H,3,13H2,1-2H3,(H,25,26)/b24-12+. The molecule has 0 saturated carbocycles. The number of rotatable bonds is 8. The van der Waals surface area contributed by atoms with E-state index in [0.717, 1.165) is 15.4 Å². The molecule has 0 aliphatic rings. The van der Waals surface area contributed by atoms with Crippen LogP contribution >= 0.6 is 15.9 Å². The molecule has 3 rings (SSSR count). The number of fused-ring (bicyclic) bond motifs is 1. The Morgan fingerprint density at radius 1 is 1.17 bits per heavy atom. The van der Waals surface area contributed by atoms with Crippen LogP contribution in [0.25, 0.3) is 10.9 Å². The van der Waals surface area contributed by atoms with Crippen LogP contribution in [0.5, 0.6) is 17.2 Å². The summed E-state index contributed by atoms with van der Waals surface area (Å²) in [6.07, 6.45) is 3.20. The molecule has 0 saturated heterocycles. The van der Waals surface area contributed by atoms with Gasteiger partial charge in [-0.05, 0) is 47.1 Å². The number of amides is 1.